The third-order valence-corrected chi connectivity index (χ3v) is 3.23. The van der Waals surface area contributed by atoms with Crippen molar-refractivity contribution in [3.8, 4) is 0 Å². The summed E-state index contributed by atoms with van der Waals surface area (Å²) < 4.78 is 0. The normalized spacial score (nSPS) is 11.8. The van der Waals surface area contributed by atoms with Crippen LogP contribution < -0.4 is 0 Å². The molecule has 0 aromatic carbocycles. The van der Waals surface area contributed by atoms with Gasteiger partial charge in [0.15, 0.2) is 0 Å². The number of hydrogen-bond donors (Lipinski definition) is 0. The molecule has 1 radical (unpaired) electrons. The Labute approximate surface area is 87.1 Å². The van der Waals surface area contributed by atoms with Crippen molar-refractivity contribution in [3.05, 3.63) is 0 Å². The molecule has 0 spiro atoms. The smallest absolute Gasteiger partial charge is 0.212 e. The van der Waals surface area contributed by atoms with Crippen LogP contribution in [0.5, 0.6) is 0 Å². The van der Waals surface area contributed by atoms with Crippen LogP contribution in [0.4, 0.5) is 0 Å². The summed E-state index contributed by atoms with van der Waals surface area (Å²) in [5.41, 5.74) is -0.837. The van der Waals surface area contributed by atoms with Crippen molar-refractivity contribution in [1.82, 2.24) is 0 Å². The fourth-order valence-electron chi connectivity index (χ4n) is 1.84. The summed E-state index contributed by atoms with van der Waals surface area (Å²) in [4.78, 5) is 23.0. The molecule has 0 N–H and O–H groups in total. The molecule has 14 heavy (non-hydrogen) atoms. The van der Waals surface area contributed by atoms with Crippen LogP contribution in [0, 0.1) is 11.3 Å². The fraction of sp³-hybridized carbons (Fsp3) is 0.833. The minimum absolute atomic E-state index is 0.0244. The molecule has 81 valence electrons. The molecule has 0 aliphatic rings. The summed E-state index contributed by atoms with van der Waals surface area (Å²) >= 11 is 0. The van der Waals surface area contributed by atoms with Crippen molar-refractivity contribution < 1.29 is 9.59 Å². The molecule has 0 aromatic rings. The maximum absolute atomic E-state index is 12.1. The zero-order valence-electron chi connectivity index (χ0n) is 9.72. The highest BCUT2D eigenvalue weighted by atomic mass is 16.1. The molecule has 0 bridgehead atoms. The van der Waals surface area contributed by atoms with Gasteiger partial charge in [-0.2, -0.15) is 0 Å². The van der Waals surface area contributed by atoms with E-state index in [1.54, 1.807) is 0 Å². The van der Waals surface area contributed by atoms with Gasteiger partial charge in [-0.05, 0) is 25.7 Å². The van der Waals surface area contributed by atoms with Gasteiger partial charge in [0.25, 0.3) is 0 Å². The van der Waals surface area contributed by atoms with Gasteiger partial charge >= 0.3 is 0 Å². The lowest BCUT2D eigenvalue weighted by atomic mass is 9.73. The number of ketones is 1. The van der Waals surface area contributed by atoms with Crippen molar-refractivity contribution in [3.63, 3.8) is 0 Å². The van der Waals surface area contributed by atoms with Gasteiger partial charge in [-0.25, -0.2) is 0 Å². The lowest BCUT2D eigenvalue weighted by Crippen LogP contribution is -2.36. The number of carbonyl (C=O) groups excluding carboxylic acids is 2. The van der Waals surface area contributed by atoms with Crippen LogP contribution in [0.3, 0.4) is 0 Å². The molecule has 0 amide bonds. The van der Waals surface area contributed by atoms with E-state index in [1.165, 1.54) is 0 Å². The average molecular weight is 197 g/mol. The number of Topliss-reactive ketones (excluding diaryl/α,β-unsaturated/α-hetero) is 1. The van der Waals surface area contributed by atoms with Crippen LogP contribution in [-0.4, -0.2) is 12.1 Å². The molecule has 2 heteroatoms. The molecule has 0 fully saturated rings. The second-order valence-corrected chi connectivity index (χ2v) is 3.77. The van der Waals surface area contributed by atoms with Gasteiger partial charge < -0.3 is 0 Å². The average Bonchev–Trinajstić information content (AvgIpc) is 2.23. The lowest BCUT2D eigenvalue weighted by molar-refractivity contribution is -0.130. The van der Waals surface area contributed by atoms with Crippen LogP contribution in [0.25, 0.3) is 0 Å². The summed E-state index contributed by atoms with van der Waals surface area (Å²) in [6.45, 7) is 7.75. The summed E-state index contributed by atoms with van der Waals surface area (Å²) in [6.07, 6.45) is 4.74. The maximum atomic E-state index is 12.1. The highest BCUT2D eigenvalue weighted by Gasteiger charge is 2.38. The van der Waals surface area contributed by atoms with E-state index in [2.05, 4.69) is 0 Å². The number of hydrogen-bond acceptors (Lipinski definition) is 2. The zero-order chi connectivity index (χ0) is 11.2. The Kier molecular flexibility index (Phi) is 5.66. The topological polar surface area (TPSA) is 34.1 Å². The van der Waals surface area contributed by atoms with Gasteiger partial charge in [0.05, 0.1) is 5.41 Å². The minimum atomic E-state index is -0.837. The molecule has 0 unspecified atom stereocenters. The fourth-order valence-corrected chi connectivity index (χ4v) is 1.84. The predicted molar refractivity (Wildman–Crippen MR) is 57.8 cm³/mol. The molecule has 0 rings (SSSR count). The SMILES string of the molecule is CCC(CC)C(=O)C([C]=O)(CC)CC. The Bertz CT molecular complexity index is 188. The number of carbonyl (C=O) groups is 1. The van der Waals surface area contributed by atoms with Crippen LogP contribution in [0.15, 0.2) is 0 Å². The highest BCUT2D eigenvalue weighted by Crippen LogP contribution is 2.30. The monoisotopic (exact) mass is 197 g/mol. The summed E-state index contributed by atoms with van der Waals surface area (Å²) in [7, 11) is 0. The van der Waals surface area contributed by atoms with E-state index in [0.717, 1.165) is 12.8 Å². The van der Waals surface area contributed by atoms with Crippen LogP contribution in [0.2, 0.25) is 0 Å². The molecule has 0 aliphatic heterocycles. The van der Waals surface area contributed by atoms with E-state index in [9.17, 15) is 9.59 Å². The Hall–Kier alpha value is -0.660. The van der Waals surface area contributed by atoms with Crippen molar-refractivity contribution in [2.75, 3.05) is 0 Å². The maximum Gasteiger partial charge on any atom is 0.212 e. The Morgan fingerprint density at radius 1 is 1.14 bits per heavy atom. The predicted octanol–water partition coefficient (Wildman–Crippen LogP) is 2.91. The van der Waals surface area contributed by atoms with Crippen molar-refractivity contribution in [2.45, 2.75) is 53.4 Å². The van der Waals surface area contributed by atoms with Gasteiger partial charge in [-0.1, -0.05) is 27.7 Å². The number of rotatable bonds is 7. The first-order valence-corrected chi connectivity index (χ1v) is 5.55. The van der Waals surface area contributed by atoms with E-state index < -0.39 is 5.41 Å². The van der Waals surface area contributed by atoms with Crippen LogP contribution >= 0.6 is 0 Å². The molecule has 0 saturated carbocycles. The molecule has 0 aliphatic carbocycles. The van der Waals surface area contributed by atoms with Gasteiger partial charge in [0.2, 0.25) is 6.29 Å². The van der Waals surface area contributed by atoms with Crippen molar-refractivity contribution >= 4 is 12.1 Å². The molecular weight excluding hydrogens is 176 g/mol. The summed E-state index contributed by atoms with van der Waals surface area (Å²) in [5, 5.41) is 0. The highest BCUT2D eigenvalue weighted by molar-refractivity contribution is 5.99. The van der Waals surface area contributed by atoms with Gasteiger partial charge in [-0.15, -0.1) is 0 Å². The van der Waals surface area contributed by atoms with Crippen molar-refractivity contribution in [1.29, 1.82) is 0 Å². The third kappa shape index (κ3) is 2.43. The summed E-state index contributed by atoms with van der Waals surface area (Å²) in [6, 6.07) is 0. The first-order valence-electron chi connectivity index (χ1n) is 5.55. The van der Waals surface area contributed by atoms with Gasteiger partial charge in [0.1, 0.15) is 5.78 Å². The Balaban J connectivity index is 4.82. The largest absolute Gasteiger partial charge is 0.298 e. The van der Waals surface area contributed by atoms with E-state index >= 15 is 0 Å². The quantitative estimate of drug-likeness (QED) is 0.588. The lowest BCUT2D eigenvalue weighted by Gasteiger charge is -2.26. The Morgan fingerprint density at radius 3 is 1.79 bits per heavy atom. The first-order chi connectivity index (χ1) is 6.61. The molecule has 0 saturated heterocycles. The van der Waals surface area contributed by atoms with E-state index in [-0.39, 0.29) is 11.7 Å². The molecular formula is C12H21O2. The molecule has 0 heterocycles. The second-order valence-electron chi connectivity index (χ2n) is 3.77. The molecule has 0 atom stereocenters. The van der Waals surface area contributed by atoms with Crippen molar-refractivity contribution in [2.24, 2.45) is 11.3 Å². The standard InChI is InChI=1S/C12H21O2/c1-5-10(6-2)11(14)12(7-3,8-4)9-13/h10H,5-8H2,1-4H3. The van der Waals surface area contributed by atoms with Gasteiger partial charge in [-0.3, -0.25) is 9.59 Å². The zero-order valence-corrected chi connectivity index (χ0v) is 9.72. The van der Waals surface area contributed by atoms with Gasteiger partial charge in [0, 0.05) is 5.92 Å². The molecule has 2 nitrogen and oxygen atoms in total. The van der Waals surface area contributed by atoms with E-state index in [4.69, 9.17) is 0 Å². The van der Waals surface area contributed by atoms with E-state index in [0.29, 0.717) is 12.8 Å². The Morgan fingerprint density at radius 2 is 1.57 bits per heavy atom. The minimum Gasteiger partial charge on any atom is -0.298 e. The van der Waals surface area contributed by atoms with Crippen LogP contribution in [0.1, 0.15) is 53.4 Å². The summed E-state index contributed by atoms with van der Waals surface area (Å²) in [5.74, 6) is 0.110. The first kappa shape index (κ1) is 13.3. The van der Waals surface area contributed by atoms with Crippen LogP contribution in [-0.2, 0) is 9.59 Å². The van der Waals surface area contributed by atoms with E-state index in [1.807, 2.05) is 34.0 Å². The third-order valence-electron chi connectivity index (χ3n) is 3.23. The molecule has 0 aromatic heterocycles. The second kappa shape index (κ2) is 5.94.